The van der Waals surface area contributed by atoms with Gasteiger partial charge in [0.1, 0.15) is 11.8 Å². The number of ether oxygens (including phenoxy) is 1. The molecule has 0 bridgehead atoms. The lowest BCUT2D eigenvalue weighted by molar-refractivity contribution is -0.139. The highest BCUT2D eigenvalue weighted by Crippen LogP contribution is 2.26. The fourth-order valence-corrected chi connectivity index (χ4v) is 3.82. The molecule has 1 aromatic carbocycles. The van der Waals surface area contributed by atoms with Gasteiger partial charge in [-0.15, -0.1) is 0 Å². The fourth-order valence-electron chi connectivity index (χ4n) is 3.82. The van der Waals surface area contributed by atoms with Crippen LogP contribution in [0.2, 0.25) is 0 Å². The second kappa shape index (κ2) is 11.3. The lowest BCUT2D eigenvalue weighted by Crippen LogP contribution is -2.24. The van der Waals surface area contributed by atoms with Gasteiger partial charge >= 0.3 is 17.9 Å². The van der Waals surface area contributed by atoms with Gasteiger partial charge in [-0.05, 0) is 31.0 Å². The van der Waals surface area contributed by atoms with Crippen LogP contribution in [0.1, 0.15) is 68.9 Å². The number of pyridine rings is 1. The number of aliphatic carboxylic acids is 2. The minimum absolute atomic E-state index is 0.0332. The number of aromatic carboxylic acids is 1. The van der Waals surface area contributed by atoms with Crippen molar-refractivity contribution in [3.05, 3.63) is 50.4 Å². The molecule has 0 radical (unpaired) electrons. The van der Waals surface area contributed by atoms with Crippen LogP contribution in [0.3, 0.4) is 0 Å². The van der Waals surface area contributed by atoms with Crippen LogP contribution < -0.4 is 15.6 Å². The van der Waals surface area contributed by atoms with E-state index in [1.807, 2.05) is 13.8 Å². The molecule has 2 unspecified atom stereocenters. The molecule has 0 spiro atoms. The minimum atomic E-state index is -1.41. The Hall–Kier alpha value is -3.69. The van der Waals surface area contributed by atoms with Crippen molar-refractivity contribution in [1.82, 2.24) is 4.57 Å². The summed E-state index contributed by atoms with van der Waals surface area (Å²) in [4.78, 5) is 60.0. The predicted molar refractivity (Wildman–Crippen MR) is 119 cm³/mol. The molecule has 3 N–H and O–H groups in total. The second-order valence-corrected chi connectivity index (χ2v) is 7.74. The number of hydrogen-bond donors (Lipinski definition) is 3. The maximum atomic E-state index is 12.8. The van der Waals surface area contributed by atoms with E-state index < -0.39 is 40.9 Å². The first-order valence-corrected chi connectivity index (χ1v) is 10.7. The highest BCUT2D eigenvalue weighted by atomic mass is 16.5. The summed E-state index contributed by atoms with van der Waals surface area (Å²) < 4.78 is 6.92. The molecule has 2 rings (SSSR count). The molecular formula is C23H27NO9. The van der Waals surface area contributed by atoms with E-state index in [1.165, 1.54) is 16.7 Å². The number of aromatic nitrogens is 1. The molecule has 0 aliphatic heterocycles. The zero-order valence-electron chi connectivity index (χ0n) is 18.4. The van der Waals surface area contributed by atoms with Crippen LogP contribution >= 0.6 is 0 Å². The SMILES string of the molecule is CCCC(CC(=O)O)Oc1cc2c(=O)cc(C(=O)O)n(C(CCC)CC(=O)O)c2ccc1=O. The van der Waals surface area contributed by atoms with Gasteiger partial charge in [0.2, 0.25) is 5.43 Å². The third-order valence-corrected chi connectivity index (χ3v) is 5.16. The van der Waals surface area contributed by atoms with Gasteiger partial charge in [-0.3, -0.25) is 19.2 Å². The Kier molecular flexibility index (Phi) is 8.72. The van der Waals surface area contributed by atoms with Gasteiger partial charge in [-0.1, -0.05) is 26.7 Å². The quantitative estimate of drug-likeness (QED) is 0.432. The van der Waals surface area contributed by atoms with Crippen LogP contribution in [-0.2, 0) is 9.59 Å². The molecule has 10 nitrogen and oxygen atoms in total. The van der Waals surface area contributed by atoms with Gasteiger partial charge in [0.25, 0.3) is 0 Å². The molecule has 0 aliphatic rings. The third-order valence-electron chi connectivity index (χ3n) is 5.16. The highest BCUT2D eigenvalue weighted by Gasteiger charge is 2.24. The van der Waals surface area contributed by atoms with Gasteiger partial charge in [0.05, 0.1) is 18.4 Å². The molecule has 2 atom stereocenters. The Labute approximate surface area is 189 Å². The molecule has 33 heavy (non-hydrogen) atoms. The predicted octanol–water partition coefficient (Wildman–Crippen LogP) is 2.90. The molecule has 1 aromatic heterocycles. The van der Waals surface area contributed by atoms with E-state index in [2.05, 4.69) is 0 Å². The molecule has 0 saturated carbocycles. The van der Waals surface area contributed by atoms with Crippen molar-refractivity contribution in [2.75, 3.05) is 0 Å². The Morgan fingerprint density at radius 1 is 0.909 bits per heavy atom. The van der Waals surface area contributed by atoms with Crippen molar-refractivity contribution in [3.63, 3.8) is 0 Å². The van der Waals surface area contributed by atoms with Crippen molar-refractivity contribution in [3.8, 4) is 5.75 Å². The van der Waals surface area contributed by atoms with E-state index in [0.29, 0.717) is 25.7 Å². The summed E-state index contributed by atoms with van der Waals surface area (Å²) in [6.07, 6.45) is 0.343. The van der Waals surface area contributed by atoms with Crippen LogP contribution in [0.5, 0.6) is 5.75 Å². The van der Waals surface area contributed by atoms with E-state index in [4.69, 9.17) is 9.84 Å². The maximum absolute atomic E-state index is 12.8. The zero-order chi connectivity index (χ0) is 24.7. The molecule has 2 aromatic rings. The summed E-state index contributed by atoms with van der Waals surface area (Å²) in [5.74, 6) is -3.88. The van der Waals surface area contributed by atoms with Crippen LogP contribution in [0.15, 0.2) is 33.9 Å². The standard InChI is InChI=1S/C23H27NO9/c1-3-5-13(9-21(27)28)24-16-7-8-18(25)20(33-14(6-4-2)10-22(29)30)11-15(16)19(26)12-17(24)23(31)32/h7-8,11-14H,3-6,9-10H2,1-2H3,(H,27,28)(H,29,30)(H,31,32). The average Bonchev–Trinajstić information content (AvgIpc) is 2.87. The molecule has 0 fully saturated rings. The first-order chi connectivity index (χ1) is 15.6. The molecule has 0 saturated heterocycles. The summed E-state index contributed by atoms with van der Waals surface area (Å²) >= 11 is 0. The van der Waals surface area contributed by atoms with Crippen molar-refractivity contribution < 1.29 is 34.4 Å². The van der Waals surface area contributed by atoms with E-state index in [9.17, 15) is 34.2 Å². The lowest BCUT2D eigenvalue weighted by Gasteiger charge is -2.23. The van der Waals surface area contributed by atoms with Crippen molar-refractivity contribution in [2.24, 2.45) is 0 Å². The number of carboxylic acid groups (broad SMARTS) is 3. The maximum Gasteiger partial charge on any atom is 0.352 e. The molecule has 1 heterocycles. The van der Waals surface area contributed by atoms with Gasteiger partial charge < -0.3 is 24.6 Å². The van der Waals surface area contributed by atoms with Crippen molar-refractivity contribution in [1.29, 1.82) is 0 Å². The van der Waals surface area contributed by atoms with Crippen LogP contribution in [0.25, 0.3) is 10.9 Å². The number of fused-ring (bicyclic) bond motifs is 1. The third kappa shape index (κ3) is 6.41. The Bertz CT molecular complexity index is 1170. The van der Waals surface area contributed by atoms with Crippen molar-refractivity contribution >= 4 is 28.8 Å². The largest absolute Gasteiger partial charge is 0.486 e. The summed E-state index contributed by atoms with van der Waals surface area (Å²) in [5, 5.41) is 28.1. The molecular weight excluding hydrogens is 434 g/mol. The molecule has 10 heteroatoms. The molecule has 0 aliphatic carbocycles. The van der Waals surface area contributed by atoms with Crippen LogP contribution in [-0.4, -0.2) is 43.9 Å². The van der Waals surface area contributed by atoms with E-state index in [1.54, 1.807) is 0 Å². The monoisotopic (exact) mass is 461 g/mol. The van der Waals surface area contributed by atoms with Crippen LogP contribution in [0, 0.1) is 0 Å². The molecule has 178 valence electrons. The smallest absolute Gasteiger partial charge is 0.352 e. The summed E-state index contributed by atoms with van der Waals surface area (Å²) in [6, 6.07) is 3.67. The van der Waals surface area contributed by atoms with Gasteiger partial charge in [-0.25, -0.2) is 4.79 Å². The number of hydrogen-bond acceptors (Lipinski definition) is 6. The van der Waals surface area contributed by atoms with E-state index >= 15 is 0 Å². The van der Waals surface area contributed by atoms with Gasteiger partial charge in [0.15, 0.2) is 11.2 Å². The number of nitrogens with zero attached hydrogens (tertiary/aromatic N) is 1. The van der Waals surface area contributed by atoms with Crippen molar-refractivity contribution in [2.45, 2.75) is 64.5 Å². The first-order valence-electron chi connectivity index (χ1n) is 10.7. The Morgan fingerprint density at radius 2 is 1.55 bits per heavy atom. The Balaban J connectivity index is 2.82. The summed E-state index contributed by atoms with van der Waals surface area (Å²) in [7, 11) is 0. The Morgan fingerprint density at radius 3 is 2.09 bits per heavy atom. The number of carbonyl (C=O) groups is 3. The number of rotatable bonds is 12. The summed E-state index contributed by atoms with van der Waals surface area (Å²) in [5.41, 5.74) is -1.61. The zero-order valence-corrected chi connectivity index (χ0v) is 18.4. The first kappa shape index (κ1) is 25.6. The normalized spacial score (nSPS) is 12.8. The second-order valence-electron chi connectivity index (χ2n) is 7.74. The van der Waals surface area contributed by atoms with Gasteiger partial charge in [-0.2, -0.15) is 0 Å². The minimum Gasteiger partial charge on any atom is -0.486 e. The average molecular weight is 461 g/mol. The lowest BCUT2D eigenvalue weighted by atomic mass is 10.1. The van der Waals surface area contributed by atoms with E-state index in [0.717, 1.165) is 12.1 Å². The van der Waals surface area contributed by atoms with Gasteiger partial charge in [0, 0.05) is 17.5 Å². The molecule has 0 amide bonds. The fraction of sp³-hybridized carbons (Fsp3) is 0.435. The highest BCUT2D eigenvalue weighted by molar-refractivity contribution is 5.91. The summed E-state index contributed by atoms with van der Waals surface area (Å²) in [6.45, 7) is 3.65. The number of carboxylic acids is 3. The van der Waals surface area contributed by atoms with Crippen LogP contribution in [0.4, 0.5) is 0 Å². The van der Waals surface area contributed by atoms with E-state index in [-0.39, 0.29) is 35.2 Å². The topological polar surface area (TPSA) is 160 Å².